The van der Waals surface area contributed by atoms with Crippen molar-refractivity contribution >= 4 is 29.9 Å². The second-order valence-electron chi connectivity index (χ2n) is 7.62. The Bertz CT molecular complexity index is 918. The standard InChI is InChI=1S/C23H27N3O3.ClH/c1-29-21-7-3-2-6-18(21)20-15-24-11-12-26(20)23(28)8-4-5-16-9-10-19-17(13-16)14-22(27)25-19;/h2-3,6-7,9-10,13,20,24H,4-5,8,11-12,14-15H2,1H3,(H,25,27);1H. The van der Waals surface area contributed by atoms with Gasteiger partial charge in [0.05, 0.1) is 19.6 Å². The van der Waals surface area contributed by atoms with Crippen molar-refractivity contribution in [3.63, 3.8) is 0 Å². The lowest BCUT2D eigenvalue weighted by Crippen LogP contribution is -2.48. The molecule has 0 aromatic heterocycles. The van der Waals surface area contributed by atoms with E-state index in [4.69, 9.17) is 4.74 Å². The normalized spacial score (nSPS) is 17.7. The second kappa shape index (κ2) is 9.96. The van der Waals surface area contributed by atoms with Crippen molar-refractivity contribution in [2.45, 2.75) is 31.7 Å². The summed E-state index contributed by atoms with van der Waals surface area (Å²) in [5.41, 5.74) is 4.19. The minimum atomic E-state index is -0.00974. The number of rotatable bonds is 6. The highest BCUT2D eigenvalue weighted by molar-refractivity contribution is 5.99. The quantitative estimate of drug-likeness (QED) is 0.740. The van der Waals surface area contributed by atoms with E-state index in [1.165, 1.54) is 5.56 Å². The number of anilines is 1. The highest BCUT2D eigenvalue weighted by Gasteiger charge is 2.29. The minimum absolute atomic E-state index is 0. The molecular formula is C23H28ClN3O3. The Morgan fingerprint density at radius 1 is 1.23 bits per heavy atom. The van der Waals surface area contributed by atoms with Crippen LogP contribution >= 0.6 is 12.4 Å². The zero-order valence-electron chi connectivity index (χ0n) is 17.1. The number of amides is 2. The van der Waals surface area contributed by atoms with E-state index in [-0.39, 0.29) is 30.3 Å². The Balaban J connectivity index is 0.00000256. The van der Waals surface area contributed by atoms with E-state index in [9.17, 15) is 9.59 Å². The smallest absolute Gasteiger partial charge is 0.228 e. The van der Waals surface area contributed by atoms with Crippen LogP contribution < -0.4 is 15.4 Å². The van der Waals surface area contributed by atoms with Gasteiger partial charge in [-0.1, -0.05) is 30.3 Å². The maximum absolute atomic E-state index is 13.0. The molecule has 1 atom stereocenters. The average Bonchev–Trinajstić information content (AvgIpc) is 3.13. The lowest BCUT2D eigenvalue weighted by atomic mass is 10.00. The van der Waals surface area contributed by atoms with Crippen LogP contribution in [0.25, 0.3) is 0 Å². The molecule has 0 radical (unpaired) electrons. The number of hydrogen-bond donors (Lipinski definition) is 2. The zero-order chi connectivity index (χ0) is 20.2. The number of nitrogens with zero attached hydrogens (tertiary/aromatic N) is 1. The van der Waals surface area contributed by atoms with Crippen molar-refractivity contribution in [3.05, 3.63) is 59.2 Å². The molecule has 1 unspecified atom stereocenters. The lowest BCUT2D eigenvalue weighted by molar-refractivity contribution is -0.134. The van der Waals surface area contributed by atoms with E-state index in [1.807, 2.05) is 41.3 Å². The number of methoxy groups -OCH3 is 1. The molecule has 6 nitrogen and oxygen atoms in total. The molecule has 2 heterocycles. The summed E-state index contributed by atoms with van der Waals surface area (Å²) >= 11 is 0. The SMILES string of the molecule is COc1ccccc1C1CNCCN1C(=O)CCCc1ccc2c(c1)CC(=O)N2.Cl. The molecule has 1 fully saturated rings. The number of aryl methyl sites for hydroxylation is 1. The number of halogens is 1. The van der Waals surface area contributed by atoms with Crippen LogP contribution in [0.5, 0.6) is 5.75 Å². The largest absolute Gasteiger partial charge is 0.496 e. The summed E-state index contributed by atoms with van der Waals surface area (Å²) in [4.78, 5) is 26.5. The molecule has 2 aromatic rings. The second-order valence-corrected chi connectivity index (χ2v) is 7.62. The Morgan fingerprint density at radius 2 is 2.07 bits per heavy atom. The van der Waals surface area contributed by atoms with Gasteiger partial charge in [-0.25, -0.2) is 0 Å². The molecule has 2 aromatic carbocycles. The van der Waals surface area contributed by atoms with Crippen LogP contribution in [0.3, 0.4) is 0 Å². The van der Waals surface area contributed by atoms with Crippen molar-refractivity contribution in [3.8, 4) is 5.75 Å². The molecule has 2 N–H and O–H groups in total. The van der Waals surface area contributed by atoms with Gasteiger partial charge in [0.15, 0.2) is 0 Å². The van der Waals surface area contributed by atoms with E-state index < -0.39 is 0 Å². The van der Waals surface area contributed by atoms with Crippen LogP contribution in [0.1, 0.15) is 35.6 Å². The monoisotopic (exact) mass is 429 g/mol. The van der Waals surface area contributed by atoms with Crippen LogP contribution in [-0.4, -0.2) is 43.5 Å². The van der Waals surface area contributed by atoms with Gasteiger partial charge in [0.2, 0.25) is 11.8 Å². The zero-order valence-corrected chi connectivity index (χ0v) is 18.0. The number of carbonyl (C=O) groups excluding carboxylic acids is 2. The fourth-order valence-corrected chi connectivity index (χ4v) is 4.25. The third-order valence-electron chi connectivity index (χ3n) is 5.71. The van der Waals surface area contributed by atoms with Crippen LogP contribution in [0, 0.1) is 0 Å². The first-order valence-electron chi connectivity index (χ1n) is 10.2. The van der Waals surface area contributed by atoms with Gasteiger partial charge >= 0.3 is 0 Å². The Labute approximate surface area is 183 Å². The lowest BCUT2D eigenvalue weighted by Gasteiger charge is -2.37. The molecule has 0 spiro atoms. The predicted molar refractivity (Wildman–Crippen MR) is 119 cm³/mol. The number of benzene rings is 2. The number of ether oxygens (including phenoxy) is 1. The van der Waals surface area contributed by atoms with Crippen molar-refractivity contribution in [1.82, 2.24) is 10.2 Å². The molecule has 4 rings (SSSR count). The van der Waals surface area contributed by atoms with Gasteiger partial charge in [-0.3, -0.25) is 9.59 Å². The number of carbonyl (C=O) groups is 2. The maximum atomic E-state index is 13.0. The molecule has 2 aliphatic rings. The van der Waals surface area contributed by atoms with Gasteiger partial charge in [0.1, 0.15) is 5.75 Å². The van der Waals surface area contributed by atoms with Crippen LogP contribution in [0.2, 0.25) is 0 Å². The highest BCUT2D eigenvalue weighted by Crippen LogP contribution is 2.31. The fraction of sp³-hybridized carbons (Fsp3) is 0.391. The summed E-state index contributed by atoms with van der Waals surface area (Å²) in [6.07, 6.45) is 2.59. The first-order valence-corrected chi connectivity index (χ1v) is 10.2. The number of hydrogen-bond acceptors (Lipinski definition) is 4. The van der Waals surface area contributed by atoms with E-state index in [2.05, 4.69) is 16.7 Å². The van der Waals surface area contributed by atoms with Crippen LogP contribution in [-0.2, 0) is 22.4 Å². The molecule has 0 bridgehead atoms. The molecule has 7 heteroatoms. The fourth-order valence-electron chi connectivity index (χ4n) is 4.25. The van der Waals surface area contributed by atoms with E-state index >= 15 is 0 Å². The molecular weight excluding hydrogens is 402 g/mol. The third kappa shape index (κ3) is 4.77. The number of piperazine rings is 1. The van der Waals surface area contributed by atoms with E-state index in [1.54, 1.807) is 7.11 Å². The molecule has 30 heavy (non-hydrogen) atoms. The molecule has 2 amide bonds. The summed E-state index contributed by atoms with van der Waals surface area (Å²) in [7, 11) is 1.67. The van der Waals surface area contributed by atoms with Gasteiger partial charge in [-0.05, 0) is 36.1 Å². The summed E-state index contributed by atoms with van der Waals surface area (Å²) in [5, 5.41) is 6.25. The number of fused-ring (bicyclic) bond motifs is 1. The molecule has 2 aliphatic heterocycles. The van der Waals surface area contributed by atoms with Crippen molar-refractivity contribution in [1.29, 1.82) is 0 Å². The third-order valence-corrected chi connectivity index (χ3v) is 5.71. The molecule has 0 saturated carbocycles. The Morgan fingerprint density at radius 3 is 2.90 bits per heavy atom. The maximum Gasteiger partial charge on any atom is 0.228 e. The van der Waals surface area contributed by atoms with Gasteiger partial charge in [-0.15, -0.1) is 12.4 Å². The Hall–Kier alpha value is -2.57. The summed E-state index contributed by atoms with van der Waals surface area (Å²) in [6.45, 7) is 2.25. The molecule has 0 aliphatic carbocycles. The minimum Gasteiger partial charge on any atom is -0.496 e. The summed E-state index contributed by atoms with van der Waals surface area (Å²) in [5.74, 6) is 1.05. The summed E-state index contributed by atoms with van der Waals surface area (Å²) in [6, 6.07) is 14.0. The van der Waals surface area contributed by atoms with Gasteiger partial charge in [-0.2, -0.15) is 0 Å². The molecule has 1 saturated heterocycles. The van der Waals surface area contributed by atoms with Crippen molar-refractivity contribution in [2.24, 2.45) is 0 Å². The summed E-state index contributed by atoms with van der Waals surface area (Å²) < 4.78 is 5.51. The van der Waals surface area contributed by atoms with Gasteiger partial charge in [0.25, 0.3) is 0 Å². The van der Waals surface area contributed by atoms with Crippen molar-refractivity contribution in [2.75, 3.05) is 32.1 Å². The average molecular weight is 430 g/mol. The van der Waals surface area contributed by atoms with Gasteiger partial charge < -0.3 is 20.3 Å². The van der Waals surface area contributed by atoms with Crippen molar-refractivity contribution < 1.29 is 14.3 Å². The van der Waals surface area contributed by atoms with E-state index in [0.717, 1.165) is 48.5 Å². The number of nitrogens with one attached hydrogen (secondary N) is 2. The first kappa shape index (κ1) is 22.1. The first-order chi connectivity index (χ1) is 14.2. The Kier molecular flexibility index (Phi) is 7.34. The number of para-hydroxylation sites is 1. The topological polar surface area (TPSA) is 70.7 Å². The van der Waals surface area contributed by atoms with Crippen LogP contribution in [0.15, 0.2) is 42.5 Å². The van der Waals surface area contributed by atoms with Gasteiger partial charge in [0, 0.05) is 37.3 Å². The van der Waals surface area contributed by atoms with Crippen LogP contribution in [0.4, 0.5) is 5.69 Å². The highest BCUT2D eigenvalue weighted by atomic mass is 35.5. The predicted octanol–water partition coefficient (Wildman–Crippen LogP) is 3.11. The van der Waals surface area contributed by atoms with E-state index in [0.29, 0.717) is 19.4 Å². The molecule has 160 valence electrons.